The molecule has 0 aromatic carbocycles. The zero-order chi connectivity index (χ0) is 8.85. The molecule has 0 aromatic heterocycles. The second-order valence-corrected chi connectivity index (χ2v) is 2.39. The summed E-state index contributed by atoms with van der Waals surface area (Å²) in [6.45, 7) is 4.94. The molecule has 0 heterocycles. The topological polar surface area (TPSA) is 37.3 Å². The molecule has 0 rings (SSSR count). The first-order chi connectivity index (χ1) is 5.09. The predicted molar refractivity (Wildman–Crippen MR) is 48.7 cm³/mol. The fraction of sp³-hybridized carbons (Fsp3) is 0.125. The largest absolute Gasteiger partial charge is 0.478 e. The zero-order valence-electron chi connectivity index (χ0n) is 6.24. The van der Waals surface area contributed by atoms with Crippen LogP contribution in [0.15, 0.2) is 35.3 Å². The molecule has 0 saturated heterocycles. The molecule has 60 valence electrons. The Balaban J connectivity index is 4.52. The lowest BCUT2D eigenvalue weighted by atomic mass is 10.3. The van der Waals surface area contributed by atoms with Crippen LogP contribution in [0.5, 0.6) is 0 Å². The Hall–Kier alpha value is -0.960. The van der Waals surface area contributed by atoms with E-state index in [4.69, 9.17) is 5.11 Å². The molecule has 0 amide bonds. The van der Waals surface area contributed by atoms with Gasteiger partial charge >= 0.3 is 5.97 Å². The molecule has 0 aliphatic rings. The number of carboxylic acid groups (broad SMARTS) is 1. The highest BCUT2D eigenvalue weighted by Crippen LogP contribution is 2.09. The van der Waals surface area contributed by atoms with Gasteiger partial charge in [0.2, 0.25) is 0 Å². The van der Waals surface area contributed by atoms with Gasteiger partial charge in [0.25, 0.3) is 0 Å². The Kier molecular flexibility index (Phi) is 4.38. The fourth-order valence-electron chi connectivity index (χ4n) is 0.394. The first-order valence-corrected chi connectivity index (χ1v) is 3.46. The average Bonchev–Trinajstić information content (AvgIpc) is 1.98. The number of carbonyl (C=O) groups is 1. The molecule has 1 N–H and O–H groups in total. The van der Waals surface area contributed by atoms with E-state index < -0.39 is 5.97 Å². The predicted octanol–water partition coefficient (Wildman–Crippen LogP) is 2.02. The van der Waals surface area contributed by atoms with Gasteiger partial charge in [0, 0.05) is 10.5 Å². The van der Waals surface area contributed by atoms with Crippen molar-refractivity contribution in [1.29, 1.82) is 0 Å². The van der Waals surface area contributed by atoms with Crippen molar-refractivity contribution in [3.8, 4) is 0 Å². The lowest BCUT2D eigenvalue weighted by Crippen LogP contribution is -1.97. The van der Waals surface area contributed by atoms with Crippen molar-refractivity contribution in [3.63, 3.8) is 0 Å². The van der Waals surface area contributed by atoms with Crippen LogP contribution in [-0.2, 0) is 4.79 Å². The number of allylic oxidation sites excluding steroid dienone is 3. The van der Waals surface area contributed by atoms with E-state index in [-0.39, 0.29) is 5.57 Å². The van der Waals surface area contributed by atoms with Gasteiger partial charge in [-0.05, 0) is 13.0 Å². The first kappa shape index (κ1) is 10.0. The quantitative estimate of drug-likeness (QED) is 0.386. The maximum atomic E-state index is 10.3. The van der Waals surface area contributed by atoms with E-state index in [1.54, 1.807) is 18.2 Å². The lowest BCUT2D eigenvalue weighted by Gasteiger charge is -1.94. The van der Waals surface area contributed by atoms with Crippen LogP contribution in [0.2, 0.25) is 0 Å². The summed E-state index contributed by atoms with van der Waals surface area (Å²) in [5, 5.41) is 8.49. The van der Waals surface area contributed by atoms with Crippen LogP contribution in [0.25, 0.3) is 0 Å². The van der Waals surface area contributed by atoms with Crippen molar-refractivity contribution in [1.82, 2.24) is 0 Å². The molecule has 11 heavy (non-hydrogen) atoms. The number of hydrogen-bond acceptors (Lipinski definition) is 2. The SMILES string of the molecule is C=C/C=C\C(S)=C(/C)C(=O)O. The molecule has 0 unspecified atom stereocenters. The zero-order valence-corrected chi connectivity index (χ0v) is 7.14. The highest BCUT2D eigenvalue weighted by molar-refractivity contribution is 7.84. The molecule has 0 radical (unpaired) electrons. The van der Waals surface area contributed by atoms with E-state index in [9.17, 15) is 4.79 Å². The van der Waals surface area contributed by atoms with Gasteiger partial charge in [-0.1, -0.05) is 18.7 Å². The van der Waals surface area contributed by atoms with Crippen molar-refractivity contribution in [2.45, 2.75) is 6.92 Å². The van der Waals surface area contributed by atoms with Gasteiger partial charge in [-0.3, -0.25) is 0 Å². The number of aliphatic carboxylic acids is 1. The van der Waals surface area contributed by atoms with Crippen molar-refractivity contribution >= 4 is 18.6 Å². The summed E-state index contributed by atoms with van der Waals surface area (Å²) in [5.41, 5.74) is 0.228. The van der Waals surface area contributed by atoms with Gasteiger partial charge in [0.1, 0.15) is 0 Å². The van der Waals surface area contributed by atoms with Crippen molar-refractivity contribution in [2.75, 3.05) is 0 Å². The maximum absolute atomic E-state index is 10.3. The standard InChI is InChI=1S/C8H10O2S/c1-3-4-5-7(11)6(2)8(9)10/h3-5,11H,1H2,2H3,(H,9,10)/b5-4-,7-6-. The van der Waals surface area contributed by atoms with E-state index in [2.05, 4.69) is 19.2 Å². The second kappa shape index (κ2) is 4.79. The van der Waals surface area contributed by atoms with Gasteiger partial charge in [-0.25, -0.2) is 4.79 Å². The molecule has 0 fully saturated rings. The van der Waals surface area contributed by atoms with Crippen LogP contribution in [0.3, 0.4) is 0 Å². The molecule has 0 aliphatic heterocycles. The number of rotatable bonds is 3. The number of hydrogen-bond donors (Lipinski definition) is 2. The van der Waals surface area contributed by atoms with Gasteiger partial charge in [0.15, 0.2) is 0 Å². The third kappa shape index (κ3) is 3.68. The smallest absolute Gasteiger partial charge is 0.332 e. The summed E-state index contributed by atoms with van der Waals surface area (Å²) in [6.07, 6.45) is 4.78. The van der Waals surface area contributed by atoms with E-state index >= 15 is 0 Å². The van der Waals surface area contributed by atoms with E-state index in [0.717, 1.165) is 0 Å². The van der Waals surface area contributed by atoms with Crippen LogP contribution in [0.4, 0.5) is 0 Å². The second-order valence-electron chi connectivity index (χ2n) is 1.91. The Morgan fingerprint density at radius 2 is 2.18 bits per heavy atom. The first-order valence-electron chi connectivity index (χ1n) is 3.01. The highest BCUT2D eigenvalue weighted by atomic mass is 32.1. The van der Waals surface area contributed by atoms with Gasteiger partial charge in [-0.2, -0.15) is 0 Å². The molecule has 0 aliphatic carbocycles. The van der Waals surface area contributed by atoms with Crippen LogP contribution in [0.1, 0.15) is 6.92 Å². The van der Waals surface area contributed by atoms with Gasteiger partial charge < -0.3 is 5.11 Å². The fourth-order valence-corrected chi connectivity index (χ4v) is 0.575. The lowest BCUT2D eigenvalue weighted by molar-refractivity contribution is -0.132. The Morgan fingerprint density at radius 3 is 2.55 bits per heavy atom. The molecular weight excluding hydrogens is 160 g/mol. The van der Waals surface area contributed by atoms with E-state index in [0.29, 0.717) is 4.91 Å². The molecule has 0 atom stereocenters. The third-order valence-electron chi connectivity index (χ3n) is 1.10. The monoisotopic (exact) mass is 170 g/mol. The van der Waals surface area contributed by atoms with Gasteiger partial charge in [0.05, 0.1) is 0 Å². The molecule has 0 saturated carbocycles. The van der Waals surface area contributed by atoms with Crippen LogP contribution in [0, 0.1) is 0 Å². The van der Waals surface area contributed by atoms with Crippen LogP contribution in [-0.4, -0.2) is 11.1 Å². The van der Waals surface area contributed by atoms with E-state index in [1.165, 1.54) is 6.92 Å². The summed E-state index contributed by atoms with van der Waals surface area (Å²) in [4.78, 5) is 10.8. The highest BCUT2D eigenvalue weighted by Gasteiger charge is 2.01. The Bertz CT molecular complexity index is 226. The molecule has 0 bridgehead atoms. The van der Waals surface area contributed by atoms with Gasteiger partial charge in [-0.15, -0.1) is 12.6 Å². The minimum atomic E-state index is -0.955. The molecule has 2 nitrogen and oxygen atoms in total. The molecule has 0 spiro atoms. The van der Waals surface area contributed by atoms with Crippen molar-refractivity contribution in [2.24, 2.45) is 0 Å². The van der Waals surface area contributed by atoms with Crippen LogP contribution >= 0.6 is 12.6 Å². The van der Waals surface area contributed by atoms with E-state index in [1.807, 2.05) is 0 Å². The van der Waals surface area contributed by atoms with Crippen LogP contribution < -0.4 is 0 Å². The third-order valence-corrected chi connectivity index (χ3v) is 1.58. The Labute approximate surface area is 71.3 Å². The van der Waals surface area contributed by atoms with Crippen molar-refractivity contribution in [3.05, 3.63) is 35.3 Å². The summed E-state index contributed by atoms with van der Waals surface area (Å²) in [7, 11) is 0. The minimum absolute atomic E-state index is 0.228. The minimum Gasteiger partial charge on any atom is -0.478 e. The summed E-state index contributed by atoms with van der Waals surface area (Å²) < 4.78 is 0. The Morgan fingerprint density at radius 1 is 1.64 bits per heavy atom. The maximum Gasteiger partial charge on any atom is 0.332 e. The summed E-state index contributed by atoms with van der Waals surface area (Å²) >= 11 is 3.96. The molecular formula is C8H10O2S. The number of thiol groups is 1. The van der Waals surface area contributed by atoms with Crippen molar-refractivity contribution < 1.29 is 9.90 Å². The molecule has 3 heteroatoms. The normalized spacial score (nSPS) is 12.9. The number of carboxylic acids is 1. The average molecular weight is 170 g/mol. The summed E-state index contributed by atoms with van der Waals surface area (Å²) in [5.74, 6) is -0.955. The molecule has 0 aromatic rings. The summed E-state index contributed by atoms with van der Waals surface area (Å²) in [6, 6.07) is 0.